The van der Waals surface area contributed by atoms with Gasteiger partial charge in [-0.2, -0.15) is 5.10 Å². The van der Waals surface area contributed by atoms with Gasteiger partial charge in [0.1, 0.15) is 23.6 Å². The predicted molar refractivity (Wildman–Crippen MR) is 137 cm³/mol. The number of fused-ring (bicyclic) bond motifs is 2. The highest BCUT2D eigenvalue weighted by Gasteiger charge is 2.62. The molecule has 3 aromatic rings. The highest BCUT2D eigenvalue weighted by atomic mass is 32.2. The Bertz CT molecular complexity index is 1370. The number of anilines is 1. The van der Waals surface area contributed by atoms with Crippen LogP contribution in [0.5, 0.6) is 0 Å². The summed E-state index contributed by atoms with van der Waals surface area (Å²) < 4.78 is 31.8. The van der Waals surface area contributed by atoms with Gasteiger partial charge in [0.2, 0.25) is 15.9 Å². The molecule has 0 radical (unpaired) electrons. The van der Waals surface area contributed by atoms with E-state index in [1.807, 2.05) is 0 Å². The number of nitrogens with two attached hydrogens (primary N) is 1. The van der Waals surface area contributed by atoms with Gasteiger partial charge in [0, 0.05) is 6.04 Å². The molecule has 10 heteroatoms. The molecule has 5 rings (SSSR count). The van der Waals surface area contributed by atoms with E-state index in [4.69, 9.17) is 5.73 Å². The monoisotopic (exact) mass is 508 g/mol. The third-order valence-electron chi connectivity index (χ3n) is 8.76. The Labute approximate surface area is 211 Å². The molecule has 9 nitrogen and oxygen atoms in total. The number of carbonyl (C=O) groups excluding carboxylic acids is 1. The second kappa shape index (κ2) is 8.70. The first-order valence-electron chi connectivity index (χ1n) is 12.1. The van der Waals surface area contributed by atoms with Crippen LogP contribution < -0.4 is 15.8 Å². The van der Waals surface area contributed by atoms with E-state index in [0.29, 0.717) is 17.2 Å². The molecule has 2 aromatic carbocycles. The molecule has 0 saturated heterocycles. The van der Waals surface area contributed by atoms with Gasteiger partial charge in [-0.15, -0.1) is 0 Å². The van der Waals surface area contributed by atoms with Crippen molar-refractivity contribution in [3.8, 4) is 5.69 Å². The van der Waals surface area contributed by atoms with E-state index < -0.39 is 22.0 Å². The Kier molecular flexibility index (Phi) is 5.91. The van der Waals surface area contributed by atoms with E-state index in [-0.39, 0.29) is 21.8 Å². The summed E-state index contributed by atoms with van der Waals surface area (Å²) in [5.41, 5.74) is 7.41. The van der Waals surface area contributed by atoms with E-state index in [9.17, 15) is 13.2 Å². The van der Waals surface area contributed by atoms with Gasteiger partial charge in [0.25, 0.3) is 0 Å². The van der Waals surface area contributed by atoms with E-state index in [1.54, 1.807) is 59.5 Å². The van der Waals surface area contributed by atoms with Crippen molar-refractivity contribution in [1.29, 1.82) is 0 Å². The first-order chi connectivity index (χ1) is 17.0. The number of sulfonamides is 1. The van der Waals surface area contributed by atoms with E-state index >= 15 is 0 Å². The number of rotatable bonds is 8. The Morgan fingerprint density at radius 3 is 2.44 bits per heavy atom. The van der Waals surface area contributed by atoms with Crippen molar-refractivity contribution in [1.82, 2.24) is 19.5 Å². The lowest BCUT2D eigenvalue weighted by atomic mass is 9.69. The third-order valence-corrected chi connectivity index (χ3v) is 10.3. The smallest absolute Gasteiger partial charge is 0.244 e. The molecular formula is C26H32N6O3S. The molecule has 1 heterocycles. The quantitative estimate of drug-likeness (QED) is 0.427. The Hall–Kier alpha value is -3.24. The van der Waals surface area contributed by atoms with Crippen molar-refractivity contribution in [3.05, 3.63) is 66.7 Å². The van der Waals surface area contributed by atoms with Crippen LogP contribution in [0.1, 0.15) is 51.6 Å². The van der Waals surface area contributed by atoms with Crippen molar-refractivity contribution in [2.75, 3.05) is 5.32 Å². The van der Waals surface area contributed by atoms with Crippen LogP contribution in [0.15, 0.2) is 66.1 Å². The molecule has 190 valence electrons. The minimum atomic E-state index is -3.86. The van der Waals surface area contributed by atoms with Crippen molar-refractivity contribution in [3.63, 3.8) is 0 Å². The number of carbonyl (C=O) groups is 1. The van der Waals surface area contributed by atoms with Gasteiger partial charge in [-0.05, 0) is 65.8 Å². The maximum Gasteiger partial charge on any atom is 0.244 e. The van der Waals surface area contributed by atoms with Gasteiger partial charge >= 0.3 is 0 Å². The summed E-state index contributed by atoms with van der Waals surface area (Å²) in [6.07, 6.45) is 5.98. The number of aromatic nitrogens is 3. The van der Waals surface area contributed by atoms with Crippen LogP contribution in [-0.2, 0) is 14.8 Å². The first kappa shape index (κ1) is 24.5. The summed E-state index contributed by atoms with van der Waals surface area (Å²) >= 11 is 0. The van der Waals surface area contributed by atoms with E-state index in [2.05, 4.69) is 40.9 Å². The molecule has 2 aliphatic carbocycles. The van der Waals surface area contributed by atoms with Gasteiger partial charge in [0.05, 0.1) is 11.4 Å². The largest absolute Gasteiger partial charge is 0.369 e. The Balaban J connectivity index is 1.41. The van der Waals surface area contributed by atoms with E-state index in [0.717, 1.165) is 24.9 Å². The topological polar surface area (TPSA) is 132 Å². The van der Waals surface area contributed by atoms with Gasteiger partial charge in [-0.25, -0.2) is 22.8 Å². The number of amides is 1. The lowest BCUT2D eigenvalue weighted by Gasteiger charge is -2.39. The summed E-state index contributed by atoms with van der Waals surface area (Å²) in [5, 5.41) is 7.18. The average Bonchev–Trinajstić information content (AvgIpc) is 3.50. The maximum absolute atomic E-state index is 13.6. The summed E-state index contributed by atoms with van der Waals surface area (Å²) in [6, 6.07) is 12.7. The SMILES string of the molecule is CC1(C)[C@@H]2CC[C@@]1(C)[C@H](NS(=O)(=O)c1ccccc1NC(C(N)=O)c1ccc(-n3cncn3)cc1)C2. The molecule has 2 saturated carbocycles. The second-order valence-corrected chi connectivity index (χ2v) is 12.4. The fraction of sp³-hybridized carbons (Fsp3) is 0.423. The number of hydrogen-bond donors (Lipinski definition) is 3. The second-order valence-electron chi connectivity index (χ2n) is 10.7. The van der Waals surface area contributed by atoms with Crippen LogP contribution in [0.25, 0.3) is 5.69 Å². The van der Waals surface area contributed by atoms with Crippen LogP contribution in [0.2, 0.25) is 0 Å². The van der Waals surface area contributed by atoms with Gasteiger partial charge in [-0.1, -0.05) is 45.0 Å². The highest BCUT2D eigenvalue weighted by molar-refractivity contribution is 7.89. The fourth-order valence-corrected chi connectivity index (χ4v) is 7.62. The van der Waals surface area contributed by atoms with Crippen molar-refractivity contribution in [2.24, 2.45) is 22.5 Å². The van der Waals surface area contributed by atoms with Gasteiger partial charge < -0.3 is 11.1 Å². The molecule has 2 aliphatic rings. The standard InChI is InChI=1S/C26H32N6O3S/c1-25(2)18-12-13-26(25,3)22(14-18)31-36(34,35)21-7-5-4-6-20(21)30-23(24(27)33)17-8-10-19(11-9-17)32-16-28-15-29-32/h4-11,15-16,18,22-23,30-31H,12-14H2,1-3H3,(H2,27,33)/t18-,22-,23?,26+/m1/s1. The molecule has 0 spiro atoms. The normalized spacial score (nSPS) is 25.5. The summed E-state index contributed by atoms with van der Waals surface area (Å²) in [6.45, 7) is 6.70. The third kappa shape index (κ3) is 3.98. The average molecular weight is 509 g/mol. The van der Waals surface area contributed by atoms with Crippen LogP contribution in [0.3, 0.4) is 0 Å². The first-order valence-corrected chi connectivity index (χ1v) is 13.6. The van der Waals surface area contributed by atoms with Crippen molar-refractivity contribution >= 4 is 21.6 Å². The molecule has 4 atom stereocenters. The molecule has 2 fully saturated rings. The number of primary amides is 1. The lowest BCUT2D eigenvalue weighted by Crippen LogP contribution is -2.46. The van der Waals surface area contributed by atoms with Crippen molar-refractivity contribution in [2.45, 2.75) is 57.0 Å². The molecule has 0 aliphatic heterocycles. The molecule has 1 amide bonds. The molecule has 2 bridgehead atoms. The molecule has 1 unspecified atom stereocenters. The Morgan fingerprint density at radius 2 is 1.86 bits per heavy atom. The zero-order valence-electron chi connectivity index (χ0n) is 20.7. The number of nitrogens with zero attached hydrogens (tertiary/aromatic N) is 3. The molecule has 36 heavy (non-hydrogen) atoms. The van der Waals surface area contributed by atoms with Crippen LogP contribution in [-0.4, -0.2) is 35.1 Å². The van der Waals surface area contributed by atoms with Gasteiger partial charge in [-0.3, -0.25) is 4.79 Å². The highest BCUT2D eigenvalue weighted by Crippen LogP contribution is 2.65. The predicted octanol–water partition coefficient (Wildman–Crippen LogP) is 3.40. The molecule has 1 aromatic heterocycles. The fourth-order valence-electron chi connectivity index (χ4n) is 6.09. The number of para-hydroxylation sites is 1. The minimum Gasteiger partial charge on any atom is -0.369 e. The Morgan fingerprint density at radius 1 is 1.14 bits per heavy atom. The molecule has 4 N–H and O–H groups in total. The van der Waals surface area contributed by atoms with Crippen LogP contribution in [0, 0.1) is 16.7 Å². The van der Waals surface area contributed by atoms with Crippen LogP contribution >= 0.6 is 0 Å². The number of hydrogen-bond acceptors (Lipinski definition) is 6. The minimum absolute atomic E-state index is 0.0768. The summed E-state index contributed by atoms with van der Waals surface area (Å²) in [4.78, 5) is 16.5. The number of nitrogens with one attached hydrogen (secondary N) is 2. The maximum atomic E-state index is 13.6. The zero-order valence-corrected chi connectivity index (χ0v) is 21.5. The molecular weight excluding hydrogens is 476 g/mol. The zero-order chi connectivity index (χ0) is 25.7. The summed E-state index contributed by atoms with van der Waals surface area (Å²) in [5.74, 6) is -0.116. The van der Waals surface area contributed by atoms with E-state index in [1.165, 1.54) is 6.33 Å². The van der Waals surface area contributed by atoms with Crippen molar-refractivity contribution < 1.29 is 13.2 Å². The lowest BCUT2D eigenvalue weighted by molar-refractivity contribution is -0.118. The summed E-state index contributed by atoms with van der Waals surface area (Å²) in [7, 11) is -3.86. The van der Waals surface area contributed by atoms with Crippen LogP contribution in [0.4, 0.5) is 5.69 Å². The number of benzene rings is 2. The van der Waals surface area contributed by atoms with Gasteiger partial charge in [0.15, 0.2) is 0 Å².